The van der Waals surface area contributed by atoms with Gasteiger partial charge in [-0.1, -0.05) is 6.07 Å². The zero-order chi connectivity index (χ0) is 19.4. The van der Waals surface area contributed by atoms with E-state index in [1.165, 1.54) is 16.1 Å². The maximum atomic E-state index is 12.5. The number of nitrogens with one attached hydrogen (secondary N) is 1. The van der Waals surface area contributed by atoms with E-state index in [1.54, 1.807) is 24.3 Å². The molecule has 1 aliphatic rings. The summed E-state index contributed by atoms with van der Waals surface area (Å²) in [4.78, 5) is 13.4. The Morgan fingerprint density at radius 2 is 1.63 bits per heavy atom. The van der Waals surface area contributed by atoms with Gasteiger partial charge in [0.2, 0.25) is 15.9 Å². The summed E-state index contributed by atoms with van der Waals surface area (Å²) in [6.07, 6.45) is 1.84. The van der Waals surface area contributed by atoms with Gasteiger partial charge in [-0.05, 0) is 74.2 Å². The number of nitrogens with zero attached hydrogens (tertiary/aromatic N) is 1. The molecule has 0 atom stereocenters. The minimum absolute atomic E-state index is 0.0845. The first-order valence-electron chi connectivity index (χ1n) is 8.96. The molecule has 144 valence electrons. The van der Waals surface area contributed by atoms with Crippen LogP contribution < -0.4 is 5.32 Å². The molecule has 1 fully saturated rings. The minimum Gasteiger partial charge on any atom is -0.325 e. The van der Waals surface area contributed by atoms with Crippen LogP contribution >= 0.6 is 11.8 Å². The standard InChI is InChI=1S/C20H24N2O3S2/c1-15-11-16(2)13-17(12-15)21-20(23)14-26-18-5-7-19(8-6-18)27(24,25)22-9-3-4-10-22/h5-8,11-13H,3-4,9-10,14H2,1-2H3,(H,21,23). The molecule has 7 heteroatoms. The van der Waals surface area contributed by atoms with Gasteiger partial charge in [-0.3, -0.25) is 4.79 Å². The molecule has 0 saturated carbocycles. The summed E-state index contributed by atoms with van der Waals surface area (Å²) in [7, 11) is -3.39. The Hall–Kier alpha value is -1.83. The van der Waals surface area contributed by atoms with Crippen LogP contribution in [-0.4, -0.2) is 37.5 Å². The van der Waals surface area contributed by atoms with E-state index in [-0.39, 0.29) is 11.7 Å². The van der Waals surface area contributed by atoms with Gasteiger partial charge in [0.15, 0.2) is 0 Å². The molecular weight excluding hydrogens is 380 g/mol. The number of rotatable bonds is 6. The van der Waals surface area contributed by atoms with Gasteiger partial charge in [-0.2, -0.15) is 4.31 Å². The maximum Gasteiger partial charge on any atom is 0.243 e. The third-order valence-electron chi connectivity index (χ3n) is 4.40. The highest BCUT2D eigenvalue weighted by atomic mass is 32.2. The third-order valence-corrected chi connectivity index (χ3v) is 7.33. The maximum absolute atomic E-state index is 12.5. The molecule has 2 aromatic carbocycles. The number of carbonyl (C=O) groups excluding carboxylic acids is 1. The SMILES string of the molecule is Cc1cc(C)cc(NC(=O)CSc2ccc(S(=O)(=O)N3CCCC3)cc2)c1. The smallest absolute Gasteiger partial charge is 0.243 e. The van der Waals surface area contributed by atoms with Gasteiger partial charge in [0.25, 0.3) is 0 Å². The van der Waals surface area contributed by atoms with Crippen molar-refractivity contribution >= 4 is 33.4 Å². The van der Waals surface area contributed by atoms with E-state index >= 15 is 0 Å². The largest absolute Gasteiger partial charge is 0.325 e. The van der Waals surface area contributed by atoms with Gasteiger partial charge in [0.05, 0.1) is 10.6 Å². The highest BCUT2D eigenvalue weighted by molar-refractivity contribution is 8.00. The second-order valence-corrected chi connectivity index (χ2v) is 9.78. The van der Waals surface area contributed by atoms with Crippen LogP contribution in [0.4, 0.5) is 5.69 Å². The van der Waals surface area contributed by atoms with E-state index in [1.807, 2.05) is 26.0 Å². The number of aryl methyl sites for hydroxylation is 2. The number of benzene rings is 2. The monoisotopic (exact) mass is 404 g/mol. The lowest BCUT2D eigenvalue weighted by Crippen LogP contribution is -2.27. The number of hydrogen-bond acceptors (Lipinski definition) is 4. The number of hydrogen-bond donors (Lipinski definition) is 1. The van der Waals surface area contributed by atoms with Crippen LogP contribution in [0.1, 0.15) is 24.0 Å². The van der Waals surface area contributed by atoms with Crippen molar-refractivity contribution < 1.29 is 13.2 Å². The molecule has 5 nitrogen and oxygen atoms in total. The quantitative estimate of drug-likeness (QED) is 0.744. The van der Waals surface area contributed by atoms with Crippen molar-refractivity contribution in [3.63, 3.8) is 0 Å². The molecule has 0 aromatic heterocycles. The zero-order valence-corrected chi connectivity index (χ0v) is 17.2. The summed E-state index contributed by atoms with van der Waals surface area (Å²) in [6, 6.07) is 12.7. The van der Waals surface area contributed by atoms with E-state index in [0.29, 0.717) is 18.0 Å². The summed E-state index contributed by atoms with van der Waals surface area (Å²) in [5.74, 6) is 0.185. The highest BCUT2D eigenvalue weighted by Crippen LogP contribution is 2.24. The van der Waals surface area contributed by atoms with E-state index in [4.69, 9.17) is 0 Å². The van der Waals surface area contributed by atoms with E-state index in [0.717, 1.165) is 34.6 Å². The number of sulfonamides is 1. The summed E-state index contributed by atoms with van der Waals surface area (Å²) in [6.45, 7) is 5.18. The van der Waals surface area contributed by atoms with Crippen LogP contribution in [0.3, 0.4) is 0 Å². The Balaban J connectivity index is 1.57. The molecule has 3 rings (SSSR count). The van der Waals surface area contributed by atoms with Crippen molar-refractivity contribution in [3.05, 3.63) is 53.6 Å². The van der Waals surface area contributed by atoms with Crippen molar-refractivity contribution in [1.29, 1.82) is 0 Å². The number of carbonyl (C=O) groups is 1. The summed E-state index contributed by atoms with van der Waals surface area (Å²) in [5, 5.41) is 2.90. The van der Waals surface area contributed by atoms with Crippen LogP contribution in [0.5, 0.6) is 0 Å². The molecule has 0 aliphatic carbocycles. The Bertz CT molecular complexity index is 898. The van der Waals surface area contributed by atoms with Gasteiger partial charge in [0.1, 0.15) is 0 Å². The molecule has 1 N–H and O–H groups in total. The lowest BCUT2D eigenvalue weighted by Gasteiger charge is -2.15. The molecular formula is C20H24N2O3S2. The fourth-order valence-electron chi connectivity index (χ4n) is 3.18. The second-order valence-electron chi connectivity index (χ2n) is 6.80. The lowest BCUT2D eigenvalue weighted by molar-refractivity contribution is -0.113. The molecule has 1 heterocycles. The summed E-state index contributed by atoms with van der Waals surface area (Å²) >= 11 is 1.39. The Morgan fingerprint density at radius 1 is 1.04 bits per heavy atom. The van der Waals surface area contributed by atoms with Crippen molar-refractivity contribution in [3.8, 4) is 0 Å². The second kappa shape index (κ2) is 8.46. The van der Waals surface area contributed by atoms with E-state index < -0.39 is 10.0 Å². The van der Waals surface area contributed by atoms with Crippen LogP contribution in [0.25, 0.3) is 0 Å². The zero-order valence-electron chi connectivity index (χ0n) is 15.6. The molecule has 0 spiro atoms. The van der Waals surface area contributed by atoms with Gasteiger partial charge in [-0.15, -0.1) is 11.8 Å². The average molecular weight is 405 g/mol. The molecule has 2 aromatic rings. The minimum atomic E-state index is -3.39. The Morgan fingerprint density at radius 3 is 2.22 bits per heavy atom. The number of amides is 1. The molecule has 1 amide bonds. The molecule has 1 aliphatic heterocycles. The van der Waals surface area contributed by atoms with Crippen molar-refractivity contribution in [1.82, 2.24) is 4.31 Å². The predicted molar refractivity (Wildman–Crippen MR) is 110 cm³/mol. The van der Waals surface area contributed by atoms with E-state index in [2.05, 4.69) is 11.4 Å². The first kappa shape index (κ1) is 19.9. The van der Waals surface area contributed by atoms with Crippen LogP contribution in [0.2, 0.25) is 0 Å². The first-order valence-corrected chi connectivity index (χ1v) is 11.4. The number of thioether (sulfide) groups is 1. The number of anilines is 1. The van der Waals surface area contributed by atoms with Crippen LogP contribution in [0, 0.1) is 13.8 Å². The normalized spacial score (nSPS) is 15.0. The predicted octanol–water partition coefficient (Wildman–Crippen LogP) is 3.82. The van der Waals surface area contributed by atoms with Gasteiger partial charge in [0, 0.05) is 23.7 Å². The Kier molecular flexibility index (Phi) is 6.24. The molecule has 1 saturated heterocycles. The van der Waals surface area contributed by atoms with Crippen molar-refractivity contribution in [2.75, 3.05) is 24.2 Å². The van der Waals surface area contributed by atoms with Crippen LogP contribution in [-0.2, 0) is 14.8 Å². The van der Waals surface area contributed by atoms with Crippen molar-refractivity contribution in [2.24, 2.45) is 0 Å². The fraction of sp³-hybridized carbons (Fsp3) is 0.350. The third kappa shape index (κ3) is 5.12. The van der Waals surface area contributed by atoms with E-state index in [9.17, 15) is 13.2 Å². The van der Waals surface area contributed by atoms with Crippen molar-refractivity contribution in [2.45, 2.75) is 36.5 Å². The topological polar surface area (TPSA) is 66.5 Å². The van der Waals surface area contributed by atoms with Crippen LogP contribution in [0.15, 0.2) is 52.3 Å². The fourth-order valence-corrected chi connectivity index (χ4v) is 5.39. The average Bonchev–Trinajstić information content (AvgIpc) is 3.15. The van der Waals surface area contributed by atoms with Gasteiger partial charge < -0.3 is 5.32 Å². The van der Waals surface area contributed by atoms with Gasteiger partial charge in [-0.25, -0.2) is 8.42 Å². The van der Waals surface area contributed by atoms with Gasteiger partial charge >= 0.3 is 0 Å². The highest BCUT2D eigenvalue weighted by Gasteiger charge is 2.26. The molecule has 0 bridgehead atoms. The molecule has 0 radical (unpaired) electrons. The first-order chi connectivity index (χ1) is 12.8. The molecule has 0 unspecified atom stereocenters. The Labute approximate surface area is 165 Å². The molecule has 27 heavy (non-hydrogen) atoms. The lowest BCUT2D eigenvalue weighted by atomic mass is 10.1. The summed E-state index contributed by atoms with van der Waals surface area (Å²) < 4.78 is 26.6. The summed E-state index contributed by atoms with van der Waals surface area (Å²) in [5.41, 5.74) is 3.01.